The van der Waals surface area contributed by atoms with E-state index >= 15 is 0 Å². The Labute approximate surface area is 127 Å². The summed E-state index contributed by atoms with van der Waals surface area (Å²) in [7, 11) is 0. The van der Waals surface area contributed by atoms with E-state index in [0.717, 1.165) is 0 Å². The molecule has 1 aromatic carbocycles. The van der Waals surface area contributed by atoms with Gasteiger partial charge in [-0.05, 0) is 29.1 Å². The van der Waals surface area contributed by atoms with Crippen LogP contribution >= 0.6 is 11.3 Å². The molecule has 0 aliphatic carbocycles. The predicted octanol–water partition coefficient (Wildman–Crippen LogP) is 2.37. The number of nitro benzene ring substituents is 1. The number of benzene rings is 1. The van der Waals surface area contributed by atoms with Gasteiger partial charge in [-0.15, -0.1) is 11.3 Å². The summed E-state index contributed by atoms with van der Waals surface area (Å²) in [5.74, 6) is 0. The largest absolute Gasteiger partial charge is 0.271 e. The lowest BCUT2D eigenvalue weighted by Crippen LogP contribution is -2.22. The van der Waals surface area contributed by atoms with Crippen molar-refractivity contribution in [2.75, 3.05) is 0 Å². The molecule has 8 heteroatoms. The zero-order valence-electron chi connectivity index (χ0n) is 11.0. The molecule has 2 heterocycles. The summed E-state index contributed by atoms with van der Waals surface area (Å²) in [6.45, 7) is 0. The molecule has 0 radical (unpaired) electrons. The zero-order chi connectivity index (χ0) is 15.7. The number of aromatic amines is 2. The molecule has 7 nitrogen and oxygen atoms in total. The standard InChI is InChI=1S/C14H9N3O4S/c18-13-11(8-3-5-9(6-4-8)17(20)21)12(14(19)16-15-13)10-2-1-7-22-10/h1-7H,(H,15,18)(H,16,19). The molecule has 2 N–H and O–H groups in total. The minimum atomic E-state index is -0.522. The first-order valence-electron chi connectivity index (χ1n) is 6.21. The van der Waals surface area contributed by atoms with E-state index in [-0.39, 0.29) is 16.8 Å². The number of thiophene rings is 1. The van der Waals surface area contributed by atoms with Gasteiger partial charge in [-0.2, -0.15) is 0 Å². The van der Waals surface area contributed by atoms with Crippen LogP contribution in [-0.4, -0.2) is 15.1 Å². The lowest BCUT2D eigenvalue weighted by Gasteiger charge is -2.06. The van der Waals surface area contributed by atoms with Crippen molar-refractivity contribution in [2.24, 2.45) is 0 Å². The monoisotopic (exact) mass is 315 g/mol. The number of nitrogens with one attached hydrogen (secondary N) is 2. The van der Waals surface area contributed by atoms with Gasteiger partial charge in [0.05, 0.1) is 16.1 Å². The average Bonchev–Trinajstić information content (AvgIpc) is 3.03. The van der Waals surface area contributed by atoms with Crippen molar-refractivity contribution < 1.29 is 4.92 Å². The van der Waals surface area contributed by atoms with Gasteiger partial charge >= 0.3 is 0 Å². The molecule has 0 saturated carbocycles. The maximum Gasteiger partial charge on any atom is 0.271 e. The Hall–Kier alpha value is -3.00. The number of non-ortho nitro benzene ring substituents is 1. The highest BCUT2D eigenvalue weighted by molar-refractivity contribution is 7.13. The van der Waals surface area contributed by atoms with Crippen molar-refractivity contribution in [3.05, 3.63) is 72.6 Å². The third-order valence-corrected chi connectivity index (χ3v) is 4.02. The van der Waals surface area contributed by atoms with Crippen LogP contribution in [0.25, 0.3) is 21.6 Å². The summed E-state index contributed by atoms with van der Waals surface area (Å²) in [6.07, 6.45) is 0. The van der Waals surface area contributed by atoms with Gasteiger partial charge < -0.3 is 0 Å². The fourth-order valence-electron chi connectivity index (χ4n) is 2.15. The molecule has 3 rings (SSSR count). The van der Waals surface area contributed by atoms with Gasteiger partial charge in [-0.3, -0.25) is 29.9 Å². The lowest BCUT2D eigenvalue weighted by molar-refractivity contribution is -0.384. The van der Waals surface area contributed by atoms with Crippen LogP contribution in [0.15, 0.2) is 51.4 Å². The molecule has 0 atom stereocenters. The second-order valence-electron chi connectivity index (χ2n) is 4.44. The summed E-state index contributed by atoms with van der Waals surface area (Å²) in [5, 5.41) is 17.1. The normalized spacial score (nSPS) is 10.5. The SMILES string of the molecule is O=c1[nH][nH]c(=O)c(-c2cccs2)c1-c1ccc([N+](=O)[O-])cc1. The Bertz CT molecular complexity index is 939. The number of hydrogen-bond acceptors (Lipinski definition) is 5. The van der Waals surface area contributed by atoms with Crippen LogP contribution in [-0.2, 0) is 0 Å². The average molecular weight is 315 g/mol. The molecule has 0 aliphatic rings. The second kappa shape index (κ2) is 5.41. The van der Waals surface area contributed by atoms with E-state index in [4.69, 9.17) is 0 Å². The number of H-pyrrole nitrogens is 2. The topological polar surface area (TPSA) is 109 Å². The molecule has 0 bridgehead atoms. The molecule has 2 aromatic heterocycles. The summed E-state index contributed by atoms with van der Waals surface area (Å²) < 4.78 is 0. The summed E-state index contributed by atoms with van der Waals surface area (Å²) in [5.41, 5.74) is -0.0648. The fraction of sp³-hybridized carbons (Fsp3) is 0. The maximum absolute atomic E-state index is 12.2. The van der Waals surface area contributed by atoms with Crippen molar-refractivity contribution in [1.82, 2.24) is 10.2 Å². The molecule has 0 fully saturated rings. The highest BCUT2D eigenvalue weighted by Gasteiger charge is 2.17. The Morgan fingerprint density at radius 1 is 0.955 bits per heavy atom. The number of rotatable bonds is 3. The number of hydrogen-bond donors (Lipinski definition) is 2. The molecule has 3 aromatic rings. The van der Waals surface area contributed by atoms with Gasteiger partial charge in [-0.25, -0.2) is 0 Å². The summed E-state index contributed by atoms with van der Waals surface area (Å²) >= 11 is 1.33. The van der Waals surface area contributed by atoms with Gasteiger partial charge in [0.25, 0.3) is 16.8 Å². The number of aromatic nitrogens is 2. The van der Waals surface area contributed by atoms with Crippen molar-refractivity contribution in [2.45, 2.75) is 0 Å². The van der Waals surface area contributed by atoms with Crippen molar-refractivity contribution in [1.29, 1.82) is 0 Å². The quantitative estimate of drug-likeness (QED) is 0.571. The first kappa shape index (κ1) is 14.0. The number of nitro groups is 1. The molecule has 0 amide bonds. The first-order chi connectivity index (χ1) is 10.6. The predicted molar refractivity (Wildman–Crippen MR) is 83.1 cm³/mol. The van der Waals surface area contributed by atoms with E-state index in [2.05, 4.69) is 10.2 Å². The minimum Gasteiger partial charge on any atom is -0.267 e. The number of nitrogens with zero attached hydrogens (tertiary/aromatic N) is 1. The van der Waals surface area contributed by atoms with Crippen molar-refractivity contribution >= 4 is 17.0 Å². The van der Waals surface area contributed by atoms with Gasteiger partial charge in [0.15, 0.2) is 0 Å². The van der Waals surface area contributed by atoms with Crippen molar-refractivity contribution in [3.63, 3.8) is 0 Å². The molecule has 0 spiro atoms. The molecule has 0 saturated heterocycles. The van der Waals surface area contributed by atoms with E-state index < -0.39 is 16.0 Å². The van der Waals surface area contributed by atoms with E-state index in [9.17, 15) is 19.7 Å². The van der Waals surface area contributed by atoms with Gasteiger partial charge in [0, 0.05) is 17.0 Å². The summed E-state index contributed by atoms with van der Waals surface area (Å²) in [4.78, 5) is 35.1. The second-order valence-corrected chi connectivity index (χ2v) is 5.39. The van der Waals surface area contributed by atoms with Crippen molar-refractivity contribution in [3.8, 4) is 21.6 Å². The van der Waals surface area contributed by atoms with E-state index in [1.165, 1.54) is 35.6 Å². The molecule has 22 heavy (non-hydrogen) atoms. The molecule has 110 valence electrons. The van der Waals surface area contributed by atoms with E-state index in [0.29, 0.717) is 10.4 Å². The van der Waals surface area contributed by atoms with Gasteiger partial charge in [-0.1, -0.05) is 6.07 Å². The fourth-order valence-corrected chi connectivity index (χ4v) is 2.92. The smallest absolute Gasteiger partial charge is 0.267 e. The third kappa shape index (κ3) is 2.35. The van der Waals surface area contributed by atoms with E-state index in [1.807, 2.05) is 0 Å². The lowest BCUT2D eigenvalue weighted by atomic mass is 10.0. The Balaban J connectivity index is 2.27. The van der Waals surface area contributed by atoms with Crippen LogP contribution in [0.2, 0.25) is 0 Å². The van der Waals surface area contributed by atoms with Crippen LogP contribution < -0.4 is 11.1 Å². The van der Waals surface area contributed by atoms with Crippen LogP contribution in [0.1, 0.15) is 0 Å². The zero-order valence-corrected chi connectivity index (χ0v) is 11.8. The molecular weight excluding hydrogens is 306 g/mol. The van der Waals surface area contributed by atoms with Crippen LogP contribution in [0, 0.1) is 10.1 Å². The molecule has 0 unspecified atom stereocenters. The van der Waals surface area contributed by atoms with Crippen LogP contribution in [0.3, 0.4) is 0 Å². The van der Waals surface area contributed by atoms with Gasteiger partial charge in [0.1, 0.15) is 0 Å². The third-order valence-electron chi connectivity index (χ3n) is 3.13. The first-order valence-corrected chi connectivity index (χ1v) is 7.09. The highest BCUT2D eigenvalue weighted by atomic mass is 32.1. The van der Waals surface area contributed by atoms with Gasteiger partial charge in [0.2, 0.25) is 0 Å². The van der Waals surface area contributed by atoms with Crippen LogP contribution in [0.4, 0.5) is 5.69 Å². The Kier molecular flexibility index (Phi) is 3.43. The van der Waals surface area contributed by atoms with Crippen LogP contribution in [0.5, 0.6) is 0 Å². The summed E-state index contributed by atoms with van der Waals surface area (Å²) in [6, 6.07) is 9.03. The highest BCUT2D eigenvalue weighted by Crippen LogP contribution is 2.30. The molecule has 0 aliphatic heterocycles. The van der Waals surface area contributed by atoms with E-state index in [1.54, 1.807) is 17.5 Å². The minimum absolute atomic E-state index is 0.0808. The Morgan fingerprint density at radius 2 is 1.59 bits per heavy atom. The Morgan fingerprint density at radius 3 is 2.14 bits per heavy atom. The maximum atomic E-state index is 12.2. The molecular formula is C14H9N3O4S.